The zero-order valence-electron chi connectivity index (χ0n) is 15.7. The van der Waals surface area contributed by atoms with Crippen LogP contribution >= 0.6 is 35.7 Å². The van der Waals surface area contributed by atoms with Gasteiger partial charge in [-0.05, 0) is 31.5 Å². The van der Waals surface area contributed by atoms with Gasteiger partial charge in [-0.3, -0.25) is 9.79 Å². The van der Waals surface area contributed by atoms with E-state index in [1.54, 1.807) is 19.0 Å². The van der Waals surface area contributed by atoms with Gasteiger partial charge >= 0.3 is 0 Å². The molecule has 1 saturated heterocycles. The monoisotopic (exact) mass is 476 g/mol. The first-order chi connectivity index (χ1) is 11.3. The smallest absolute Gasteiger partial charge is 0.253 e. The molecule has 1 N–H and O–H groups in total. The number of amides is 1. The second-order valence-corrected chi connectivity index (χ2v) is 8.63. The Kier molecular flexibility index (Phi) is 8.53. The summed E-state index contributed by atoms with van der Waals surface area (Å²) in [6.07, 6.45) is 0. The molecule has 0 radical (unpaired) electrons. The number of aliphatic imine (C=N–C) groups is 1. The van der Waals surface area contributed by atoms with E-state index in [1.807, 2.05) is 43.1 Å². The highest BCUT2D eigenvalue weighted by atomic mass is 127. The van der Waals surface area contributed by atoms with Crippen molar-refractivity contribution >= 4 is 47.6 Å². The van der Waals surface area contributed by atoms with Gasteiger partial charge in [0.05, 0.1) is 0 Å². The summed E-state index contributed by atoms with van der Waals surface area (Å²) in [5.41, 5.74) is 1.85. The fourth-order valence-electron chi connectivity index (χ4n) is 2.73. The van der Waals surface area contributed by atoms with E-state index < -0.39 is 0 Å². The number of nitrogens with one attached hydrogen (secondary N) is 1. The molecule has 1 aromatic carbocycles. The molecule has 25 heavy (non-hydrogen) atoms. The average Bonchev–Trinajstić information content (AvgIpc) is 2.54. The van der Waals surface area contributed by atoms with Crippen LogP contribution in [0.3, 0.4) is 0 Å². The largest absolute Gasteiger partial charge is 0.352 e. The Balaban J connectivity index is 0.00000312. The molecule has 1 heterocycles. The molecule has 5 nitrogen and oxygen atoms in total. The van der Waals surface area contributed by atoms with Crippen LogP contribution in [0.1, 0.15) is 29.8 Å². The lowest BCUT2D eigenvalue weighted by Crippen LogP contribution is -2.50. The molecule has 0 saturated carbocycles. The third-order valence-corrected chi connectivity index (χ3v) is 5.29. The van der Waals surface area contributed by atoms with E-state index in [2.05, 4.69) is 29.1 Å². The molecule has 0 spiro atoms. The van der Waals surface area contributed by atoms with Crippen LogP contribution in [0.4, 0.5) is 0 Å². The van der Waals surface area contributed by atoms with Crippen molar-refractivity contribution in [2.45, 2.75) is 25.1 Å². The molecule has 1 aliphatic rings. The summed E-state index contributed by atoms with van der Waals surface area (Å²) < 4.78 is 0.254. The van der Waals surface area contributed by atoms with Gasteiger partial charge in [0, 0.05) is 56.8 Å². The van der Waals surface area contributed by atoms with Gasteiger partial charge in [0.2, 0.25) is 0 Å². The minimum absolute atomic E-state index is 0. The van der Waals surface area contributed by atoms with Gasteiger partial charge in [-0.25, -0.2) is 0 Å². The minimum atomic E-state index is 0. The number of carbonyl (C=O) groups excluding carboxylic acids is 1. The number of thioether (sulfide) groups is 1. The van der Waals surface area contributed by atoms with Crippen molar-refractivity contribution in [2.24, 2.45) is 4.99 Å². The molecule has 2 rings (SSSR count). The summed E-state index contributed by atoms with van der Waals surface area (Å²) in [6, 6.07) is 7.74. The van der Waals surface area contributed by atoms with Gasteiger partial charge in [-0.1, -0.05) is 12.1 Å². The Morgan fingerprint density at radius 1 is 1.32 bits per heavy atom. The van der Waals surface area contributed by atoms with E-state index in [-0.39, 0.29) is 34.6 Å². The Labute approximate surface area is 172 Å². The fourth-order valence-corrected chi connectivity index (χ4v) is 3.85. The van der Waals surface area contributed by atoms with E-state index in [0.29, 0.717) is 12.1 Å². The maximum atomic E-state index is 11.9. The molecule has 0 unspecified atom stereocenters. The van der Waals surface area contributed by atoms with Crippen LogP contribution in [0.2, 0.25) is 0 Å². The summed E-state index contributed by atoms with van der Waals surface area (Å²) in [4.78, 5) is 20.2. The van der Waals surface area contributed by atoms with E-state index in [9.17, 15) is 4.79 Å². The van der Waals surface area contributed by atoms with Crippen LogP contribution in [0.15, 0.2) is 29.3 Å². The van der Waals surface area contributed by atoms with Gasteiger partial charge in [0.15, 0.2) is 5.96 Å². The number of rotatable bonds is 3. The van der Waals surface area contributed by atoms with Crippen LogP contribution < -0.4 is 5.32 Å². The van der Waals surface area contributed by atoms with E-state index >= 15 is 0 Å². The molecule has 1 aromatic rings. The molecule has 0 aliphatic carbocycles. The lowest BCUT2D eigenvalue weighted by molar-refractivity contribution is 0.0827. The van der Waals surface area contributed by atoms with Crippen LogP contribution in [0, 0.1) is 0 Å². The first-order valence-corrected chi connectivity index (χ1v) is 9.21. The van der Waals surface area contributed by atoms with Crippen molar-refractivity contribution in [2.75, 3.05) is 40.0 Å². The molecule has 1 aliphatic heterocycles. The summed E-state index contributed by atoms with van der Waals surface area (Å²) >= 11 is 2.01. The van der Waals surface area contributed by atoms with Crippen LogP contribution in [0.5, 0.6) is 0 Å². The second kappa shape index (κ2) is 9.66. The number of carbonyl (C=O) groups is 1. The van der Waals surface area contributed by atoms with Crippen molar-refractivity contribution in [3.05, 3.63) is 35.4 Å². The molecule has 1 fully saturated rings. The normalized spacial score (nSPS) is 16.8. The predicted molar refractivity (Wildman–Crippen MR) is 118 cm³/mol. The number of halogens is 1. The van der Waals surface area contributed by atoms with Crippen molar-refractivity contribution < 1.29 is 4.79 Å². The lowest BCUT2D eigenvalue weighted by Gasteiger charge is -2.39. The maximum Gasteiger partial charge on any atom is 0.253 e. The zero-order valence-corrected chi connectivity index (χ0v) is 18.9. The van der Waals surface area contributed by atoms with E-state index in [4.69, 9.17) is 0 Å². The van der Waals surface area contributed by atoms with Gasteiger partial charge in [0.1, 0.15) is 0 Å². The topological polar surface area (TPSA) is 47.9 Å². The third kappa shape index (κ3) is 6.36. The van der Waals surface area contributed by atoms with Crippen molar-refractivity contribution in [3.63, 3.8) is 0 Å². The first-order valence-electron chi connectivity index (χ1n) is 8.22. The molecule has 0 aromatic heterocycles. The SMILES string of the molecule is CN=C(NCc1ccc(C(=O)N(C)C)cc1)N1CCSC(C)(C)C1.I. The number of nitrogens with zero attached hydrogens (tertiary/aromatic N) is 3. The second-order valence-electron chi connectivity index (χ2n) is 6.83. The van der Waals surface area contributed by atoms with Crippen molar-refractivity contribution in [1.29, 1.82) is 0 Å². The number of hydrogen-bond donors (Lipinski definition) is 1. The van der Waals surface area contributed by atoms with Gasteiger partial charge in [-0.15, -0.1) is 24.0 Å². The molecule has 0 atom stereocenters. The van der Waals surface area contributed by atoms with Gasteiger partial charge in [0.25, 0.3) is 5.91 Å². The first kappa shape index (κ1) is 22.1. The van der Waals surface area contributed by atoms with Crippen LogP contribution in [-0.2, 0) is 6.54 Å². The summed E-state index contributed by atoms with van der Waals surface area (Å²) in [6.45, 7) is 7.26. The fraction of sp³-hybridized carbons (Fsp3) is 0.556. The molecule has 140 valence electrons. The summed E-state index contributed by atoms with van der Waals surface area (Å²) in [5.74, 6) is 2.09. The van der Waals surface area contributed by atoms with Crippen molar-refractivity contribution in [3.8, 4) is 0 Å². The summed E-state index contributed by atoms with van der Waals surface area (Å²) in [7, 11) is 5.36. The van der Waals surface area contributed by atoms with E-state index in [1.165, 1.54) is 0 Å². The minimum Gasteiger partial charge on any atom is -0.352 e. The highest BCUT2D eigenvalue weighted by molar-refractivity contribution is 14.0. The Bertz CT molecular complexity index is 602. The quantitative estimate of drug-likeness (QED) is 0.414. The molecule has 0 bridgehead atoms. The maximum absolute atomic E-state index is 11.9. The molecular weight excluding hydrogens is 447 g/mol. The third-order valence-electron chi connectivity index (χ3n) is 3.99. The lowest BCUT2D eigenvalue weighted by atomic mass is 10.1. The highest BCUT2D eigenvalue weighted by Gasteiger charge is 2.28. The number of hydrogen-bond acceptors (Lipinski definition) is 3. The Hall–Kier alpha value is -0.960. The van der Waals surface area contributed by atoms with Crippen LogP contribution in [-0.4, -0.2) is 66.4 Å². The average molecular weight is 476 g/mol. The zero-order chi connectivity index (χ0) is 17.7. The van der Waals surface area contributed by atoms with Gasteiger partial charge in [-0.2, -0.15) is 11.8 Å². The van der Waals surface area contributed by atoms with Gasteiger partial charge < -0.3 is 15.1 Å². The predicted octanol–water partition coefficient (Wildman–Crippen LogP) is 2.91. The van der Waals surface area contributed by atoms with Crippen LogP contribution in [0.25, 0.3) is 0 Å². The van der Waals surface area contributed by atoms with E-state index in [0.717, 1.165) is 30.4 Å². The Morgan fingerprint density at radius 2 is 1.96 bits per heavy atom. The highest BCUT2D eigenvalue weighted by Crippen LogP contribution is 2.29. The number of benzene rings is 1. The standard InChI is InChI=1S/C18H28N4OS.HI/c1-18(2)13-22(10-11-24-18)17(19-3)20-12-14-6-8-15(9-7-14)16(23)21(4)5;/h6-9H,10-13H2,1-5H3,(H,19,20);1H. The molecule has 1 amide bonds. The Morgan fingerprint density at radius 3 is 2.48 bits per heavy atom. The molecule has 7 heteroatoms. The van der Waals surface area contributed by atoms with Crippen molar-refractivity contribution in [1.82, 2.24) is 15.1 Å². The number of guanidine groups is 1. The summed E-state index contributed by atoms with van der Waals surface area (Å²) in [5, 5.41) is 3.44. The molecular formula is C18H29IN4OS.